The zero-order chi connectivity index (χ0) is 14.7. The van der Waals surface area contributed by atoms with E-state index in [2.05, 4.69) is 24.2 Å². The third-order valence-electron chi connectivity index (χ3n) is 5.05. The summed E-state index contributed by atoms with van der Waals surface area (Å²) in [6.45, 7) is 2.27. The standard InChI is InChI=1S/C18H25NO2/c1-2-13-7-3-4-11-17(13)21-18-12-6-8-14-15(18)9-5-10-16(14)19-20/h6,8,12-13,17,20H,2-5,7,9-11H2,1H3. The predicted molar refractivity (Wildman–Crippen MR) is 84.4 cm³/mol. The Labute approximate surface area is 127 Å². The fourth-order valence-electron chi connectivity index (χ4n) is 3.83. The Balaban J connectivity index is 1.86. The third-order valence-corrected chi connectivity index (χ3v) is 5.05. The smallest absolute Gasteiger partial charge is 0.123 e. The molecule has 1 saturated carbocycles. The molecule has 1 N–H and O–H groups in total. The fraction of sp³-hybridized carbons (Fsp3) is 0.611. The molecule has 0 spiro atoms. The molecule has 0 bridgehead atoms. The van der Waals surface area contributed by atoms with Crippen LogP contribution in [0.15, 0.2) is 23.4 Å². The first-order valence-corrected chi connectivity index (χ1v) is 8.33. The Hall–Kier alpha value is -1.51. The maximum atomic E-state index is 9.18. The number of rotatable bonds is 3. The van der Waals surface area contributed by atoms with Gasteiger partial charge in [-0.25, -0.2) is 0 Å². The summed E-state index contributed by atoms with van der Waals surface area (Å²) in [5.74, 6) is 1.70. The van der Waals surface area contributed by atoms with Crippen LogP contribution in [0.5, 0.6) is 5.75 Å². The van der Waals surface area contributed by atoms with Crippen molar-refractivity contribution in [2.24, 2.45) is 11.1 Å². The first-order chi connectivity index (χ1) is 10.3. The van der Waals surface area contributed by atoms with Crippen LogP contribution in [-0.4, -0.2) is 17.0 Å². The molecule has 2 atom stereocenters. The zero-order valence-corrected chi connectivity index (χ0v) is 12.8. The summed E-state index contributed by atoms with van der Waals surface area (Å²) in [5, 5.41) is 12.6. The highest BCUT2D eigenvalue weighted by Gasteiger charge is 2.27. The van der Waals surface area contributed by atoms with Crippen LogP contribution in [0.4, 0.5) is 0 Å². The molecule has 1 fully saturated rings. The monoisotopic (exact) mass is 287 g/mol. The molecule has 2 aliphatic rings. The molecule has 21 heavy (non-hydrogen) atoms. The third kappa shape index (κ3) is 2.92. The van der Waals surface area contributed by atoms with Gasteiger partial charge in [0, 0.05) is 11.1 Å². The molecule has 114 valence electrons. The van der Waals surface area contributed by atoms with Crippen LogP contribution < -0.4 is 4.74 Å². The number of hydrogen-bond acceptors (Lipinski definition) is 3. The second-order valence-corrected chi connectivity index (χ2v) is 6.29. The van der Waals surface area contributed by atoms with Crippen LogP contribution in [0, 0.1) is 5.92 Å². The summed E-state index contributed by atoms with van der Waals surface area (Å²) in [5.41, 5.74) is 3.11. The van der Waals surface area contributed by atoms with Gasteiger partial charge in [0.15, 0.2) is 0 Å². The van der Waals surface area contributed by atoms with Crippen LogP contribution >= 0.6 is 0 Å². The summed E-state index contributed by atoms with van der Waals surface area (Å²) in [7, 11) is 0. The second kappa shape index (κ2) is 6.50. The molecule has 0 aromatic heterocycles. The van der Waals surface area contributed by atoms with Crippen LogP contribution in [-0.2, 0) is 6.42 Å². The second-order valence-electron chi connectivity index (χ2n) is 6.29. The van der Waals surface area contributed by atoms with Gasteiger partial charge < -0.3 is 9.94 Å². The molecule has 0 amide bonds. The molecular formula is C18H25NO2. The summed E-state index contributed by atoms with van der Waals surface area (Å²) < 4.78 is 6.41. The van der Waals surface area contributed by atoms with Crippen LogP contribution in [0.25, 0.3) is 0 Å². The number of oxime groups is 1. The van der Waals surface area contributed by atoms with E-state index in [1.54, 1.807) is 0 Å². The van der Waals surface area contributed by atoms with Gasteiger partial charge in [0.25, 0.3) is 0 Å². The van der Waals surface area contributed by atoms with Gasteiger partial charge >= 0.3 is 0 Å². The maximum absolute atomic E-state index is 9.18. The van der Waals surface area contributed by atoms with Crippen LogP contribution in [0.2, 0.25) is 0 Å². The van der Waals surface area contributed by atoms with Gasteiger partial charge in [-0.1, -0.05) is 30.6 Å². The molecule has 0 aliphatic heterocycles. The largest absolute Gasteiger partial charge is 0.490 e. The topological polar surface area (TPSA) is 41.8 Å². The van der Waals surface area contributed by atoms with Crippen molar-refractivity contribution in [1.82, 2.24) is 0 Å². The van der Waals surface area contributed by atoms with Gasteiger partial charge in [-0.2, -0.15) is 0 Å². The first-order valence-electron chi connectivity index (χ1n) is 8.33. The van der Waals surface area contributed by atoms with Crippen LogP contribution in [0.1, 0.15) is 63.0 Å². The molecule has 1 aromatic rings. The van der Waals surface area contributed by atoms with Gasteiger partial charge in [-0.15, -0.1) is 0 Å². The highest BCUT2D eigenvalue weighted by molar-refractivity contribution is 6.02. The number of ether oxygens (including phenoxy) is 1. The normalized spacial score (nSPS) is 27.4. The Bertz CT molecular complexity index is 524. The highest BCUT2D eigenvalue weighted by Crippen LogP contribution is 2.35. The van der Waals surface area contributed by atoms with Crippen molar-refractivity contribution in [1.29, 1.82) is 0 Å². The molecule has 1 aromatic carbocycles. The number of hydrogen-bond donors (Lipinski definition) is 1. The van der Waals surface area contributed by atoms with E-state index in [0.29, 0.717) is 12.0 Å². The van der Waals surface area contributed by atoms with Crippen molar-refractivity contribution < 1.29 is 9.94 Å². The summed E-state index contributed by atoms with van der Waals surface area (Å²) in [6, 6.07) is 6.16. The lowest BCUT2D eigenvalue weighted by Crippen LogP contribution is -2.30. The zero-order valence-electron chi connectivity index (χ0n) is 12.8. The Morgan fingerprint density at radius 2 is 2.05 bits per heavy atom. The van der Waals surface area contributed by atoms with Crippen molar-refractivity contribution in [3.05, 3.63) is 29.3 Å². The number of benzene rings is 1. The summed E-state index contributed by atoms with van der Waals surface area (Å²) in [4.78, 5) is 0. The van der Waals surface area contributed by atoms with Gasteiger partial charge in [0.05, 0.1) is 5.71 Å². The summed E-state index contributed by atoms with van der Waals surface area (Å²) >= 11 is 0. The summed E-state index contributed by atoms with van der Waals surface area (Å²) in [6.07, 6.45) is 9.54. The van der Waals surface area contributed by atoms with Crippen molar-refractivity contribution in [3.8, 4) is 5.75 Å². The van der Waals surface area contributed by atoms with Gasteiger partial charge in [-0.3, -0.25) is 0 Å². The lowest BCUT2D eigenvalue weighted by molar-refractivity contribution is 0.0893. The van der Waals surface area contributed by atoms with E-state index in [0.717, 1.165) is 36.3 Å². The van der Waals surface area contributed by atoms with Crippen LogP contribution in [0.3, 0.4) is 0 Å². The molecule has 3 heteroatoms. The number of fused-ring (bicyclic) bond motifs is 1. The minimum Gasteiger partial charge on any atom is -0.490 e. The first kappa shape index (κ1) is 14.4. The average molecular weight is 287 g/mol. The van der Waals surface area contributed by atoms with Gasteiger partial charge in [-0.05, 0) is 56.9 Å². The Morgan fingerprint density at radius 3 is 2.86 bits per heavy atom. The maximum Gasteiger partial charge on any atom is 0.123 e. The molecule has 0 heterocycles. The minimum atomic E-state index is 0.353. The molecular weight excluding hydrogens is 262 g/mol. The van der Waals surface area contributed by atoms with E-state index in [9.17, 15) is 5.21 Å². The Kier molecular flexibility index (Phi) is 4.47. The Morgan fingerprint density at radius 1 is 1.19 bits per heavy atom. The van der Waals surface area contributed by atoms with Crippen molar-refractivity contribution >= 4 is 5.71 Å². The van der Waals surface area contributed by atoms with E-state index >= 15 is 0 Å². The minimum absolute atomic E-state index is 0.353. The SMILES string of the molecule is CCC1CCCCC1Oc1cccc2c1CCCC2=NO. The van der Waals surface area contributed by atoms with Crippen molar-refractivity contribution in [2.75, 3.05) is 0 Å². The molecule has 0 saturated heterocycles. The van der Waals surface area contributed by atoms with E-state index in [4.69, 9.17) is 4.74 Å². The fourth-order valence-corrected chi connectivity index (χ4v) is 3.83. The van der Waals surface area contributed by atoms with E-state index in [-0.39, 0.29) is 0 Å². The quantitative estimate of drug-likeness (QED) is 0.654. The molecule has 2 aliphatic carbocycles. The lowest BCUT2D eigenvalue weighted by atomic mass is 9.84. The van der Waals surface area contributed by atoms with E-state index in [1.165, 1.54) is 37.7 Å². The molecule has 2 unspecified atom stereocenters. The molecule has 0 radical (unpaired) electrons. The van der Waals surface area contributed by atoms with Crippen molar-refractivity contribution in [2.45, 2.75) is 64.4 Å². The van der Waals surface area contributed by atoms with Crippen molar-refractivity contribution in [3.63, 3.8) is 0 Å². The highest BCUT2D eigenvalue weighted by atomic mass is 16.5. The van der Waals surface area contributed by atoms with Gasteiger partial charge in [0.1, 0.15) is 11.9 Å². The predicted octanol–water partition coefficient (Wildman–Crippen LogP) is 4.55. The van der Waals surface area contributed by atoms with E-state index < -0.39 is 0 Å². The molecule has 3 nitrogen and oxygen atoms in total. The molecule has 3 rings (SSSR count). The van der Waals surface area contributed by atoms with E-state index in [1.807, 2.05) is 6.07 Å². The lowest BCUT2D eigenvalue weighted by Gasteiger charge is -2.32. The average Bonchev–Trinajstić information content (AvgIpc) is 2.55. The van der Waals surface area contributed by atoms with Gasteiger partial charge in [0.2, 0.25) is 0 Å². The number of nitrogens with zero attached hydrogens (tertiary/aromatic N) is 1.